The second kappa shape index (κ2) is 5.47. The van der Waals surface area contributed by atoms with Gasteiger partial charge < -0.3 is 16.2 Å². The van der Waals surface area contributed by atoms with Crippen molar-refractivity contribution >= 4 is 5.91 Å². The van der Waals surface area contributed by atoms with Crippen LogP contribution in [0.2, 0.25) is 0 Å². The van der Waals surface area contributed by atoms with Gasteiger partial charge in [-0.3, -0.25) is 9.48 Å². The molecule has 1 amide bonds. The van der Waals surface area contributed by atoms with E-state index in [2.05, 4.69) is 5.10 Å². The monoisotopic (exact) mass is 212 g/mol. The lowest BCUT2D eigenvalue weighted by Crippen LogP contribution is -2.29. The Labute approximate surface area is 88.2 Å². The summed E-state index contributed by atoms with van der Waals surface area (Å²) in [5.41, 5.74) is 11.0. The van der Waals surface area contributed by atoms with E-state index in [0.29, 0.717) is 25.3 Å². The largest absolute Gasteiger partial charge is 0.375 e. The molecule has 0 bridgehead atoms. The summed E-state index contributed by atoms with van der Waals surface area (Å²) in [7, 11) is 0. The van der Waals surface area contributed by atoms with E-state index in [1.165, 1.54) is 6.20 Å². The summed E-state index contributed by atoms with van der Waals surface area (Å²) in [6.45, 7) is 3.45. The smallest absolute Gasteiger partial charge is 0.251 e. The number of carbonyl (C=O) groups is 1. The van der Waals surface area contributed by atoms with Crippen LogP contribution in [0, 0.1) is 0 Å². The number of rotatable bonds is 6. The van der Waals surface area contributed by atoms with Gasteiger partial charge in [0.25, 0.3) is 5.91 Å². The lowest BCUT2D eigenvalue weighted by molar-refractivity contribution is 0.0542. The molecule has 0 fully saturated rings. The second-order valence-corrected chi connectivity index (χ2v) is 3.13. The third-order valence-electron chi connectivity index (χ3n) is 1.97. The van der Waals surface area contributed by atoms with Crippen LogP contribution in [0.3, 0.4) is 0 Å². The zero-order chi connectivity index (χ0) is 11.3. The van der Waals surface area contributed by atoms with Gasteiger partial charge in [0.1, 0.15) is 0 Å². The molecule has 1 aromatic rings. The maximum absolute atomic E-state index is 10.8. The molecule has 0 aliphatic carbocycles. The number of hydrogen-bond acceptors (Lipinski definition) is 4. The van der Waals surface area contributed by atoms with E-state index in [4.69, 9.17) is 16.2 Å². The van der Waals surface area contributed by atoms with E-state index in [0.717, 1.165) is 0 Å². The molecule has 1 atom stereocenters. The van der Waals surface area contributed by atoms with E-state index in [1.54, 1.807) is 10.9 Å². The molecule has 6 nitrogen and oxygen atoms in total. The van der Waals surface area contributed by atoms with Gasteiger partial charge in [0, 0.05) is 19.3 Å². The van der Waals surface area contributed by atoms with Crippen LogP contribution in [0.1, 0.15) is 17.3 Å². The summed E-state index contributed by atoms with van der Waals surface area (Å²) in [6.07, 6.45) is 2.93. The maximum Gasteiger partial charge on any atom is 0.251 e. The Hall–Kier alpha value is -1.40. The molecule has 0 saturated carbocycles. The van der Waals surface area contributed by atoms with Gasteiger partial charge in [-0.15, -0.1) is 0 Å². The average Bonchev–Trinajstić information content (AvgIpc) is 2.65. The van der Waals surface area contributed by atoms with Gasteiger partial charge in [-0.25, -0.2) is 0 Å². The van der Waals surface area contributed by atoms with E-state index >= 15 is 0 Å². The third kappa shape index (κ3) is 3.34. The van der Waals surface area contributed by atoms with Gasteiger partial charge in [0.15, 0.2) is 0 Å². The van der Waals surface area contributed by atoms with Crippen LogP contribution < -0.4 is 11.5 Å². The van der Waals surface area contributed by atoms with Gasteiger partial charge in [-0.2, -0.15) is 5.10 Å². The fourth-order valence-electron chi connectivity index (χ4n) is 1.23. The van der Waals surface area contributed by atoms with Crippen LogP contribution in [0.15, 0.2) is 12.4 Å². The molecule has 0 aliphatic rings. The van der Waals surface area contributed by atoms with Gasteiger partial charge in [0.05, 0.1) is 24.4 Å². The fourth-order valence-corrected chi connectivity index (χ4v) is 1.23. The number of ether oxygens (including phenoxy) is 1. The van der Waals surface area contributed by atoms with E-state index in [9.17, 15) is 4.79 Å². The number of primary amides is 1. The minimum atomic E-state index is -0.484. The SMILES string of the molecule is CCOC(CN)Cn1cc(C(N)=O)cn1. The highest BCUT2D eigenvalue weighted by Crippen LogP contribution is 1.99. The van der Waals surface area contributed by atoms with Crippen LogP contribution in [0.25, 0.3) is 0 Å². The standard InChI is InChI=1S/C9H16N4O2/c1-2-15-8(3-10)6-13-5-7(4-12-13)9(11)14/h4-5,8H,2-3,6,10H2,1H3,(H2,11,14). The second-order valence-electron chi connectivity index (χ2n) is 3.13. The molecular formula is C9H16N4O2. The number of hydrogen-bond donors (Lipinski definition) is 2. The predicted molar refractivity (Wildman–Crippen MR) is 55.2 cm³/mol. The molecule has 0 radical (unpaired) electrons. The molecule has 15 heavy (non-hydrogen) atoms. The Morgan fingerprint density at radius 3 is 2.93 bits per heavy atom. The number of amides is 1. The van der Waals surface area contributed by atoms with Crippen molar-refractivity contribution in [1.29, 1.82) is 0 Å². The van der Waals surface area contributed by atoms with Crippen LogP contribution in [-0.2, 0) is 11.3 Å². The van der Waals surface area contributed by atoms with Crippen LogP contribution in [0.5, 0.6) is 0 Å². The first-order valence-corrected chi connectivity index (χ1v) is 4.81. The van der Waals surface area contributed by atoms with Gasteiger partial charge in [0.2, 0.25) is 0 Å². The fraction of sp³-hybridized carbons (Fsp3) is 0.556. The Morgan fingerprint density at radius 1 is 1.73 bits per heavy atom. The first-order valence-electron chi connectivity index (χ1n) is 4.81. The lowest BCUT2D eigenvalue weighted by atomic mass is 10.3. The van der Waals surface area contributed by atoms with Crippen LogP contribution in [0.4, 0.5) is 0 Å². The van der Waals surface area contributed by atoms with Crippen molar-refractivity contribution in [3.8, 4) is 0 Å². The molecule has 1 unspecified atom stereocenters. The molecule has 1 rings (SSSR count). The molecule has 0 aliphatic heterocycles. The summed E-state index contributed by atoms with van der Waals surface area (Å²) in [4.78, 5) is 10.8. The van der Waals surface area contributed by atoms with Crippen LogP contribution in [-0.4, -0.2) is 34.9 Å². The summed E-state index contributed by atoms with van der Waals surface area (Å²) in [5, 5.41) is 3.99. The number of nitrogens with zero attached hydrogens (tertiary/aromatic N) is 2. The van der Waals surface area contributed by atoms with E-state index < -0.39 is 5.91 Å². The number of nitrogens with two attached hydrogens (primary N) is 2. The molecular weight excluding hydrogens is 196 g/mol. The van der Waals surface area contributed by atoms with Crippen molar-refractivity contribution in [1.82, 2.24) is 9.78 Å². The minimum absolute atomic E-state index is 0.0874. The van der Waals surface area contributed by atoms with Crippen molar-refractivity contribution in [3.05, 3.63) is 18.0 Å². The van der Waals surface area contributed by atoms with Gasteiger partial charge >= 0.3 is 0 Å². The molecule has 84 valence electrons. The van der Waals surface area contributed by atoms with Gasteiger partial charge in [-0.05, 0) is 6.92 Å². The quantitative estimate of drug-likeness (QED) is 0.654. The summed E-state index contributed by atoms with van der Waals surface area (Å²) in [5.74, 6) is -0.484. The van der Waals surface area contributed by atoms with Crippen molar-refractivity contribution in [2.45, 2.75) is 19.6 Å². The number of aromatic nitrogens is 2. The van der Waals surface area contributed by atoms with Gasteiger partial charge in [-0.1, -0.05) is 0 Å². The van der Waals surface area contributed by atoms with Crippen molar-refractivity contribution in [2.24, 2.45) is 11.5 Å². The highest BCUT2D eigenvalue weighted by molar-refractivity contribution is 5.92. The molecule has 1 heterocycles. The summed E-state index contributed by atoms with van der Waals surface area (Å²) >= 11 is 0. The van der Waals surface area contributed by atoms with E-state index in [1.807, 2.05) is 6.92 Å². The van der Waals surface area contributed by atoms with Crippen molar-refractivity contribution in [3.63, 3.8) is 0 Å². The predicted octanol–water partition coefficient (Wildman–Crippen LogP) is -0.654. The lowest BCUT2D eigenvalue weighted by Gasteiger charge is -2.14. The average molecular weight is 212 g/mol. The number of carbonyl (C=O) groups excluding carboxylic acids is 1. The first kappa shape index (κ1) is 11.7. The third-order valence-corrected chi connectivity index (χ3v) is 1.97. The first-order chi connectivity index (χ1) is 7.17. The molecule has 0 aromatic carbocycles. The molecule has 4 N–H and O–H groups in total. The zero-order valence-electron chi connectivity index (χ0n) is 8.72. The van der Waals surface area contributed by atoms with Crippen molar-refractivity contribution < 1.29 is 9.53 Å². The van der Waals surface area contributed by atoms with Crippen LogP contribution >= 0.6 is 0 Å². The topological polar surface area (TPSA) is 96.2 Å². The Balaban J connectivity index is 2.59. The van der Waals surface area contributed by atoms with E-state index in [-0.39, 0.29) is 6.10 Å². The molecule has 0 saturated heterocycles. The molecule has 1 aromatic heterocycles. The van der Waals surface area contributed by atoms with Crippen molar-refractivity contribution in [2.75, 3.05) is 13.2 Å². The summed E-state index contributed by atoms with van der Waals surface area (Å²) < 4.78 is 6.97. The highest BCUT2D eigenvalue weighted by atomic mass is 16.5. The Bertz CT molecular complexity index is 324. The normalized spacial score (nSPS) is 12.7. The Morgan fingerprint density at radius 2 is 2.47 bits per heavy atom. The zero-order valence-corrected chi connectivity index (χ0v) is 8.72. The highest BCUT2D eigenvalue weighted by Gasteiger charge is 2.09. The molecule has 0 spiro atoms. The minimum Gasteiger partial charge on any atom is -0.375 e. The molecule has 6 heteroatoms. The Kier molecular flexibility index (Phi) is 4.26. The summed E-state index contributed by atoms with van der Waals surface area (Å²) in [6, 6.07) is 0. The maximum atomic E-state index is 10.8.